The van der Waals surface area contributed by atoms with E-state index < -0.39 is 5.41 Å². The van der Waals surface area contributed by atoms with Crippen molar-refractivity contribution >= 4 is 88.7 Å². The molecule has 0 radical (unpaired) electrons. The van der Waals surface area contributed by atoms with Gasteiger partial charge in [0.15, 0.2) is 0 Å². The molecule has 0 amide bonds. The van der Waals surface area contributed by atoms with Crippen molar-refractivity contribution in [1.29, 1.82) is 0 Å². The molecular weight excluding hydrogens is 1290 g/mol. The number of aromatic nitrogens is 8. The van der Waals surface area contributed by atoms with Gasteiger partial charge in [0.25, 0.3) is 0 Å². The molecule has 0 aliphatic carbocycles. The molecule has 16 bridgehead atoms. The van der Waals surface area contributed by atoms with Gasteiger partial charge in [0.2, 0.25) is 0 Å². The van der Waals surface area contributed by atoms with Crippen molar-refractivity contribution in [2.24, 2.45) is 0 Å². The van der Waals surface area contributed by atoms with Crippen LogP contribution in [0.15, 0.2) is 72.8 Å². The first-order valence-electron chi connectivity index (χ1n) is 32.4. The predicted molar refractivity (Wildman–Crippen MR) is 369 cm³/mol. The summed E-state index contributed by atoms with van der Waals surface area (Å²) in [6.45, 7) is 40.4. The van der Waals surface area contributed by atoms with Crippen LogP contribution in [0.1, 0.15) is 224 Å². The monoisotopic (exact) mass is 1370 g/mol. The van der Waals surface area contributed by atoms with Crippen LogP contribution in [-0.2, 0) is 71.9 Å². The Morgan fingerprint density at radius 1 is 0.356 bits per heavy atom. The summed E-state index contributed by atoms with van der Waals surface area (Å²) in [4.78, 5) is 44.8. The molecule has 11 heterocycles. The molecule has 5 aliphatic heterocycles. The third-order valence-electron chi connectivity index (χ3n) is 20.5. The van der Waals surface area contributed by atoms with Crippen LogP contribution < -0.4 is 24.7 Å². The zero-order chi connectivity index (χ0) is 62.1. The fourth-order valence-corrected chi connectivity index (χ4v) is 15.4. The van der Waals surface area contributed by atoms with Crippen LogP contribution in [0.25, 0.3) is 111 Å². The summed E-state index contributed by atoms with van der Waals surface area (Å²) in [5, 5.41) is 0. The van der Waals surface area contributed by atoms with E-state index in [1.807, 2.05) is 0 Å². The molecule has 0 unspecified atom stereocenters. The second-order valence-electron chi connectivity index (χ2n) is 25.3. The number of benzene rings is 2. The van der Waals surface area contributed by atoms with Crippen LogP contribution in [-0.4, -0.2) is 19.9 Å². The maximum Gasteiger partial charge on any atom is 2.00 e. The molecule has 0 N–H and O–H groups in total. The summed E-state index contributed by atoms with van der Waals surface area (Å²) < 4.78 is 7.95. The molecule has 9 nitrogen and oxygen atoms in total. The number of aryl methyl sites for hydroxylation is 8. The van der Waals surface area contributed by atoms with E-state index in [9.17, 15) is 0 Å². The van der Waals surface area contributed by atoms with Gasteiger partial charge in [-0.15, -0.1) is 44.1 Å². The fraction of sp³-hybridized carbons (Fsp3) is 0.342. The van der Waals surface area contributed by atoms with E-state index in [-0.39, 0.29) is 40.8 Å². The van der Waals surface area contributed by atoms with Crippen molar-refractivity contribution in [2.45, 2.75) is 181 Å². The third-order valence-corrected chi connectivity index (χ3v) is 20.5. The van der Waals surface area contributed by atoms with Crippen molar-refractivity contribution in [3.05, 3.63) is 174 Å². The summed E-state index contributed by atoms with van der Waals surface area (Å²) in [5.74, 6) is 1.58. The van der Waals surface area contributed by atoms with Gasteiger partial charge in [-0.1, -0.05) is 187 Å². The van der Waals surface area contributed by atoms with Crippen molar-refractivity contribution in [3.63, 3.8) is 0 Å². The normalized spacial score (nSPS) is 14.3. The van der Waals surface area contributed by atoms with Gasteiger partial charge in [-0.3, -0.25) is 0 Å². The van der Waals surface area contributed by atoms with E-state index in [1.165, 1.54) is 66.8 Å². The number of rotatable bonds is 10. The van der Waals surface area contributed by atoms with Gasteiger partial charge in [-0.05, 0) is 162 Å². The zero-order valence-electron chi connectivity index (χ0n) is 55.7. The Bertz CT molecular complexity index is 4560. The van der Waals surface area contributed by atoms with Crippen molar-refractivity contribution in [3.8, 4) is 33.8 Å². The predicted octanol–water partition coefficient (Wildman–Crippen LogP) is 20.1. The molecule has 464 valence electrons. The Hall–Kier alpha value is -7.24. The summed E-state index contributed by atoms with van der Waals surface area (Å²) in [7, 11) is 0. The van der Waals surface area contributed by atoms with Gasteiger partial charge in [-0.2, -0.15) is 0 Å². The minimum Gasteiger partial charge on any atom is -0.657 e. The molecule has 0 spiro atoms. The SMILES string of the molecule is CCC1=C(C)c2cc3[n-]c(c(C)c3CC)c(-c3cccc4c3Oc3c(-c5c6nc(cc7[n-]c(cc8nc(cc9[n-]c5c(C)c9CC)C(C)=C8CC)c(CC)c7C)C(CC)=C6C)cccc3C4(C)C)c3nc(cc4[n-]c(cc1n2)c(CC)c4C)C(CC)=C3C.[Pd+2].[Pd+2]. The number of ether oxygens (including phenoxy) is 1. The maximum absolute atomic E-state index is 7.95. The minimum atomic E-state index is -0.536. The number of nitrogens with zero attached hydrogens (tertiary/aromatic N) is 8. The van der Waals surface area contributed by atoms with E-state index in [1.54, 1.807) is 0 Å². The Balaban J connectivity index is 0.00000417. The van der Waals surface area contributed by atoms with E-state index in [0.29, 0.717) is 0 Å². The number of para-hydroxylation sites is 2. The zero-order valence-corrected chi connectivity index (χ0v) is 58.8. The van der Waals surface area contributed by atoms with Gasteiger partial charge in [0, 0.05) is 27.7 Å². The second-order valence-corrected chi connectivity index (χ2v) is 25.3. The molecule has 6 aromatic heterocycles. The summed E-state index contributed by atoms with van der Waals surface area (Å²) >= 11 is 0. The first-order valence-corrected chi connectivity index (χ1v) is 32.4. The molecule has 8 aromatic rings. The first kappa shape index (κ1) is 64.3. The first-order chi connectivity index (χ1) is 42.3. The van der Waals surface area contributed by atoms with Crippen LogP contribution in [0.2, 0.25) is 0 Å². The van der Waals surface area contributed by atoms with E-state index >= 15 is 0 Å². The van der Waals surface area contributed by atoms with Gasteiger partial charge in [0.1, 0.15) is 11.5 Å². The van der Waals surface area contributed by atoms with E-state index in [0.717, 1.165) is 208 Å². The third kappa shape index (κ3) is 9.82. The molecular formula is C79H82N8OPd2. The van der Waals surface area contributed by atoms with E-state index in [4.69, 9.17) is 44.6 Å². The van der Waals surface area contributed by atoms with Crippen molar-refractivity contribution < 1.29 is 45.6 Å². The van der Waals surface area contributed by atoms with Gasteiger partial charge in [0.05, 0.1) is 45.6 Å². The molecule has 11 heteroatoms. The van der Waals surface area contributed by atoms with Crippen LogP contribution in [0.3, 0.4) is 0 Å². The Kier molecular flexibility index (Phi) is 17.5. The van der Waals surface area contributed by atoms with Crippen molar-refractivity contribution in [1.82, 2.24) is 39.9 Å². The van der Waals surface area contributed by atoms with Gasteiger partial charge in [-0.25, -0.2) is 19.9 Å². The average molecular weight is 1370 g/mol. The summed E-state index contributed by atoms with van der Waals surface area (Å²) in [6, 6.07) is 26.7. The second kappa shape index (κ2) is 24.4. The molecule has 0 saturated heterocycles. The smallest absolute Gasteiger partial charge is 0.657 e. The summed E-state index contributed by atoms with van der Waals surface area (Å²) in [6.07, 6.45) is 6.62. The molecule has 0 saturated carbocycles. The Morgan fingerprint density at radius 2 is 0.667 bits per heavy atom. The average Bonchev–Trinajstić information content (AvgIpc) is 0.952. The standard InChI is InChI=1S/C79H82N8O.2Pd/c1-19-47-39(9)59-33-67-51(23-5)43(13)73(84-67)71(74-44(14)52(24-6)68(85-74)34-60-40(10)48(20-2)64(81-60)37-63(47)80-59)55-29-27-31-57-77(55)88-78-56(30-28-32-58(78)79(57,17)18)72-75-45(15)53(25-7)69(86-75)35-61-41(11)49(21-3)65(82-61)38-66-50(22-4)42(12)62(83-66)36-70-54(26-8)46(16)76(72)87-70;;/h27-38H,19-26H2,1-18H3;;/q-4;2*+2. The van der Waals surface area contributed by atoms with Crippen LogP contribution in [0.5, 0.6) is 11.5 Å². The minimum absolute atomic E-state index is 0. The molecule has 0 fully saturated rings. The Morgan fingerprint density at radius 3 is 1.02 bits per heavy atom. The van der Waals surface area contributed by atoms with Gasteiger partial charge < -0.3 is 24.7 Å². The van der Waals surface area contributed by atoms with Crippen LogP contribution in [0.4, 0.5) is 0 Å². The molecule has 90 heavy (non-hydrogen) atoms. The number of allylic oxidation sites excluding steroid dienone is 8. The topological polar surface area (TPSA) is 117 Å². The van der Waals surface area contributed by atoms with Crippen LogP contribution >= 0.6 is 0 Å². The summed E-state index contributed by atoms with van der Waals surface area (Å²) in [5.41, 5.74) is 39.4. The fourth-order valence-electron chi connectivity index (χ4n) is 15.4. The largest absolute Gasteiger partial charge is 2.00 e. The quantitative estimate of drug-likeness (QED) is 0.123. The maximum atomic E-state index is 7.95. The Labute approximate surface area is 559 Å². The molecule has 5 aliphatic rings. The number of fused-ring (bicyclic) bond motifs is 18. The van der Waals surface area contributed by atoms with E-state index in [2.05, 4.69) is 197 Å². The number of hydrogen-bond acceptors (Lipinski definition) is 5. The molecule has 2 aromatic carbocycles. The van der Waals surface area contributed by atoms with Gasteiger partial charge >= 0.3 is 40.8 Å². The van der Waals surface area contributed by atoms with Crippen molar-refractivity contribution in [2.75, 3.05) is 0 Å². The number of hydrogen-bond donors (Lipinski definition) is 0. The van der Waals surface area contributed by atoms with Crippen LogP contribution in [0, 0.1) is 27.7 Å². The molecule has 13 rings (SSSR count). The molecule has 0 atom stereocenters.